The number of rotatable bonds is 10. The summed E-state index contributed by atoms with van der Waals surface area (Å²) in [5.74, 6) is 1.35. The van der Waals surface area contributed by atoms with Crippen LogP contribution in [-0.4, -0.2) is 33.9 Å². The first-order valence-electron chi connectivity index (χ1n) is 12.1. The monoisotopic (exact) mass is 554 g/mol. The number of allylic oxidation sites excluding steroid dienone is 1. The van der Waals surface area contributed by atoms with Gasteiger partial charge in [-0.05, 0) is 66.4 Å². The standard InChI is InChI=1S/C27H31BrN4O4/c1-5-7-11-35-26(33)23-18(4)31-27-29-16-30-32(27)24(23)20-13-21(28)25(22(14-20)34-6-2)36-15-19-10-8-9-17(3)12-19/h8-10,12-14,16,24H,5-7,11,15H2,1-4H3,(H,29,30,31). The second kappa shape index (κ2) is 11.6. The maximum absolute atomic E-state index is 13.2. The summed E-state index contributed by atoms with van der Waals surface area (Å²) in [7, 11) is 0. The Hall–Kier alpha value is -3.33. The zero-order valence-corrected chi connectivity index (χ0v) is 22.6. The first-order chi connectivity index (χ1) is 17.4. The number of aromatic nitrogens is 3. The highest BCUT2D eigenvalue weighted by atomic mass is 79.9. The summed E-state index contributed by atoms with van der Waals surface area (Å²) in [5, 5.41) is 7.57. The third-order valence-corrected chi connectivity index (χ3v) is 6.45. The Morgan fingerprint density at radius 3 is 2.75 bits per heavy atom. The van der Waals surface area contributed by atoms with E-state index in [0.717, 1.165) is 24.0 Å². The van der Waals surface area contributed by atoms with E-state index in [1.165, 1.54) is 11.9 Å². The summed E-state index contributed by atoms with van der Waals surface area (Å²) in [6, 6.07) is 11.5. The predicted octanol–water partition coefficient (Wildman–Crippen LogP) is 5.96. The van der Waals surface area contributed by atoms with Crippen molar-refractivity contribution in [2.75, 3.05) is 18.5 Å². The lowest BCUT2D eigenvalue weighted by molar-refractivity contribution is -0.139. The fourth-order valence-corrected chi connectivity index (χ4v) is 4.73. The van der Waals surface area contributed by atoms with Crippen molar-refractivity contribution in [3.8, 4) is 11.5 Å². The molecule has 0 bridgehead atoms. The van der Waals surface area contributed by atoms with Gasteiger partial charge in [0.25, 0.3) is 0 Å². The molecule has 3 aromatic rings. The molecule has 1 unspecified atom stereocenters. The second-order valence-corrected chi connectivity index (χ2v) is 9.48. The van der Waals surface area contributed by atoms with Gasteiger partial charge in [0.2, 0.25) is 5.95 Å². The highest BCUT2D eigenvalue weighted by molar-refractivity contribution is 9.10. The number of anilines is 1. The lowest BCUT2D eigenvalue weighted by Gasteiger charge is -2.29. The molecule has 0 saturated heterocycles. The molecule has 8 nitrogen and oxygen atoms in total. The van der Waals surface area contributed by atoms with Crippen LogP contribution >= 0.6 is 15.9 Å². The van der Waals surface area contributed by atoms with Crippen LogP contribution in [0.1, 0.15) is 56.3 Å². The van der Waals surface area contributed by atoms with Crippen LogP contribution in [0.4, 0.5) is 5.95 Å². The number of fused-ring (bicyclic) bond motifs is 1. The van der Waals surface area contributed by atoms with Gasteiger partial charge in [0, 0.05) is 5.70 Å². The summed E-state index contributed by atoms with van der Waals surface area (Å²) >= 11 is 3.68. The fraction of sp³-hybridized carbons (Fsp3) is 0.370. The zero-order chi connectivity index (χ0) is 25.7. The fourth-order valence-electron chi connectivity index (χ4n) is 4.16. The molecule has 0 saturated carbocycles. The van der Waals surface area contributed by atoms with Crippen molar-refractivity contribution in [2.45, 2.75) is 53.2 Å². The molecule has 0 aliphatic carbocycles. The average molecular weight is 555 g/mol. The predicted molar refractivity (Wildman–Crippen MR) is 141 cm³/mol. The molecule has 2 aromatic carbocycles. The lowest BCUT2D eigenvalue weighted by Crippen LogP contribution is -2.30. The van der Waals surface area contributed by atoms with E-state index in [4.69, 9.17) is 14.2 Å². The second-order valence-electron chi connectivity index (χ2n) is 8.62. The normalized spacial score (nSPS) is 14.8. The molecule has 1 aliphatic rings. The Kier molecular flexibility index (Phi) is 8.30. The van der Waals surface area contributed by atoms with Crippen molar-refractivity contribution in [3.05, 3.63) is 75.2 Å². The summed E-state index contributed by atoms with van der Waals surface area (Å²) < 4.78 is 20.2. The van der Waals surface area contributed by atoms with Crippen molar-refractivity contribution in [2.24, 2.45) is 0 Å². The van der Waals surface area contributed by atoms with E-state index in [2.05, 4.69) is 57.3 Å². The number of unbranched alkanes of at least 4 members (excludes halogenated alkanes) is 1. The van der Waals surface area contributed by atoms with Crippen LogP contribution in [0.15, 0.2) is 58.5 Å². The highest BCUT2D eigenvalue weighted by Gasteiger charge is 2.35. The maximum Gasteiger partial charge on any atom is 0.338 e. The van der Waals surface area contributed by atoms with Crippen LogP contribution in [0, 0.1) is 6.92 Å². The minimum absolute atomic E-state index is 0.364. The number of hydrogen-bond donors (Lipinski definition) is 1. The quantitative estimate of drug-likeness (QED) is 0.244. The molecule has 36 heavy (non-hydrogen) atoms. The molecule has 1 aromatic heterocycles. The molecular formula is C27H31BrN4O4. The van der Waals surface area contributed by atoms with Crippen LogP contribution in [0.3, 0.4) is 0 Å². The van der Waals surface area contributed by atoms with Crippen molar-refractivity contribution in [1.82, 2.24) is 14.8 Å². The molecule has 2 heterocycles. The van der Waals surface area contributed by atoms with Crippen molar-refractivity contribution in [3.63, 3.8) is 0 Å². The molecule has 4 rings (SSSR count). The van der Waals surface area contributed by atoms with Crippen molar-refractivity contribution >= 4 is 27.8 Å². The Labute approximate surface area is 219 Å². The number of carbonyl (C=O) groups is 1. The number of nitrogens with one attached hydrogen (secondary N) is 1. The van der Waals surface area contributed by atoms with E-state index in [9.17, 15) is 4.79 Å². The van der Waals surface area contributed by atoms with Gasteiger partial charge in [0.05, 0.1) is 23.3 Å². The van der Waals surface area contributed by atoms with E-state index in [0.29, 0.717) is 53.0 Å². The first-order valence-corrected chi connectivity index (χ1v) is 12.9. The number of hydrogen-bond acceptors (Lipinski definition) is 7. The van der Waals surface area contributed by atoms with E-state index >= 15 is 0 Å². The van der Waals surface area contributed by atoms with Gasteiger partial charge in [-0.3, -0.25) is 0 Å². The van der Waals surface area contributed by atoms with Gasteiger partial charge in [-0.15, -0.1) is 0 Å². The smallest absolute Gasteiger partial charge is 0.338 e. The van der Waals surface area contributed by atoms with Crippen LogP contribution in [0.5, 0.6) is 11.5 Å². The van der Waals surface area contributed by atoms with Gasteiger partial charge >= 0.3 is 5.97 Å². The largest absolute Gasteiger partial charge is 0.490 e. The molecule has 0 spiro atoms. The number of nitrogens with zero attached hydrogens (tertiary/aromatic N) is 3. The Morgan fingerprint density at radius 1 is 1.17 bits per heavy atom. The maximum atomic E-state index is 13.2. The van der Waals surface area contributed by atoms with Gasteiger partial charge in [-0.25, -0.2) is 9.48 Å². The van der Waals surface area contributed by atoms with Gasteiger partial charge in [-0.2, -0.15) is 10.1 Å². The van der Waals surface area contributed by atoms with Crippen LogP contribution in [0.2, 0.25) is 0 Å². The summed E-state index contributed by atoms with van der Waals surface area (Å²) in [6.07, 6.45) is 3.21. The van der Waals surface area contributed by atoms with Gasteiger partial charge in [-0.1, -0.05) is 43.2 Å². The highest BCUT2D eigenvalue weighted by Crippen LogP contribution is 2.43. The van der Waals surface area contributed by atoms with Crippen LogP contribution in [0.25, 0.3) is 0 Å². The summed E-state index contributed by atoms with van der Waals surface area (Å²) in [6.45, 7) is 9.10. The molecule has 0 amide bonds. The Morgan fingerprint density at radius 2 is 2.00 bits per heavy atom. The molecule has 1 N–H and O–H groups in total. The summed E-state index contributed by atoms with van der Waals surface area (Å²) in [5.41, 5.74) is 4.19. The van der Waals surface area contributed by atoms with Crippen LogP contribution < -0.4 is 14.8 Å². The number of aryl methyl sites for hydroxylation is 1. The van der Waals surface area contributed by atoms with E-state index in [1.54, 1.807) is 4.68 Å². The van der Waals surface area contributed by atoms with Crippen molar-refractivity contribution < 1.29 is 19.0 Å². The first kappa shape index (κ1) is 25.8. The van der Waals surface area contributed by atoms with Gasteiger partial charge in [0.15, 0.2) is 11.5 Å². The molecule has 1 aliphatic heterocycles. The number of ether oxygens (including phenoxy) is 3. The van der Waals surface area contributed by atoms with Gasteiger partial charge in [0.1, 0.15) is 19.0 Å². The average Bonchev–Trinajstić information content (AvgIpc) is 3.31. The Bertz CT molecular complexity index is 1270. The molecule has 0 fully saturated rings. The minimum atomic E-state index is -0.542. The van der Waals surface area contributed by atoms with E-state index < -0.39 is 6.04 Å². The third-order valence-electron chi connectivity index (χ3n) is 5.86. The topological polar surface area (TPSA) is 87.5 Å². The molecule has 0 radical (unpaired) electrons. The third kappa shape index (κ3) is 5.56. The van der Waals surface area contributed by atoms with Gasteiger partial charge < -0.3 is 19.5 Å². The van der Waals surface area contributed by atoms with E-state index in [1.807, 2.05) is 38.1 Å². The zero-order valence-electron chi connectivity index (χ0n) is 21.0. The number of halogens is 1. The minimum Gasteiger partial charge on any atom is -0.490 e. The molecular weight excluding hydrogens is 524 g/mol. The Balaban J connectivity index is 1.72. The van der Waals surface area contributed by atoms with Crippen molar-refractivity contribution in [1.29, 1.82) is 0 Å². The molecule has 190 valence electrons. The lowest BCUT2D eigenvalue weighted by atomic mass is 9.95. The summed E-state index contributed by atoms with van der Waals surface area (Å²) in [4.78, 5) is 17.5. The molecule has 9 heteroatoms. The van der Waals surface area contributed by atoms with Crippen LogP contribution in [-0.2, 0) is 16.1 Å². The SMILES string of the molecule is CCCCOC(=O)C1=C(C)Nc2ncnn2C1c1cc(Br)c(OCc2cccc(C)c2)c(OCC)c1. The number of benzene rings is 2. The number of esters is 1. The molecule has 1 atom stereocenters. The van der Waals surface area contributed by atoms with E-state index in [-0.39, 0.29) is 5.97 Å². The number of carbonyl (C=O) groups excluding carboxylic acids is 1.